The van der Waals surface area contributed by atoms with Crippen LogP contribution in [-0.4, -0.2) is 16.9 Å². The van der Waals surface area contributed by atoms with Crippen LogP contribution in [-0.2, 0) is 0 Å². The highest BCUT2D eigenvalue weighted by Crippen LogP contribution is 2.32. The summed E-state index contributed by atoms with van der Waals surface area (Å²) >= 11 is 0. The number of aromatic nitrogens is 1. The van der Waals surface area contributed by atoms with Crippen LogP contribution in [0.1, 0.15) is 30.3 Å². The first-order chi connectivity index (χ1) is 7.16. The number of rotatable bonds is 3. The Morgan fingerprint density at radius 2 is 2.27 bits per heavy atom. The minimum Gasteiger partial charge on any atom is -0.348 e. The fraction of sp³-hybridized carbons (Fsp3) is 0.455. The molecule has 2 rings (SSSR count). The molecule has 0 aromatic carbocycles. The molecule has 0 aliphatic heterocycles. The molecule has 4 heteroatoms. The van der Waals surface area contributed by atoms with Gasteiger partial charge in [-0.05, 0) is 31.7 Å². The SMILES string of the molecule is CC(NC(=O)c1cccc(=O)[nH]1)C1CC1. The highest BCUT2D eigenvalue weighted by molar-refractivity contribution is 5.92. The number of pyridine rings is 1. The number of H-pyrrole nitrogens is 1. The summed E-state index contributed by atoms with van der Waals surface area (Å²) in [4.78, 5) is 25.2. The molecule has 1 aliphatic carbocycles. The second-order valence-corrected chi connectivity index (χ2v) is 4.03. The van der Waals surface area contributed by atoms with E-state index in [0.29, 0.717) is 11.6 Å². The Labute approximate surface area is 87.7 Å². The van der Waals surface area contributed by atoms with E-state index in [9.17, 15) is 9.59 Å². The number of nitrogens with one attached hydrogen (secondary N) is 2. The lowest BCUT2D eigenvalue weighted by Crippen LogP contribution is -2.35. The molecule has 15 heavy (non-hydrogen) atoms. The predicted octanol–water partition coefficient (Wildman–Crippen LogP) is 0.903. The Balaban J connectivity index is 2.03. The number of hydrogen-bond donors (Lipinski definition) is 2. The molecule has 0 bridgehead atoms. The van der Waals surface area contributed by atoms with Crippen molar-refractivity contribution in [2.45, 2.75) is 25.8 Å². The van der Waals surface area contributed by atoms with Crippen LogP contribution in [0.25, 0.3) is 0 Å². The molecule has 4 nitrogen and oxygen atoms in total. The zero-order valence-electron chi connectivity index (χ0n) is 8.62. The predicted molar refractivity (Wildman–Crippen MR) is 56.7 cm³/mol. The first-order valence-electron chi connectivity index (χ1n) is 5.17. The van der Waals surface area contributed by atoms with E-state index in [1.807, 2.05) is 6.92 Å². The zero-order chi connectivity index (χ0) is 10.8. The Bertz CT molecular complexity index is 421. The second kappa shape index (κ2) is 3.88. The van der Waals surface area contributed by atoms with Crippen LogP contribution in [0.15, 0.2) is 23.0 Å². The average Bonchev–Trinajstić information content (AvgIpc) is 3.00. The molecule has 1 aliphatic rings. The molecule has 1 amide bonds. The van der Waals surface area contributed by atoms with Crippen LogP contribution < -0.4 is 10.9 Å². The monoisotopic (exact) mass is 206 g/mol. The van der Waals surface area contributed by atoms with Gasteiger partial charge in [-0.1, -0.05) is 6.07 Å². The highest BCUT2D eigenvalue weighted by Gasteiger charge is 2.29. The molecule has 1 atom stereocenters. The minimum absolute atomic E-state index is 0.196. The van der Waals surface area contributed by atoms with Crippen LogP contribution >= 0.6 is 0 Å². The summed E-state index contributed by atoms with van der Waals surface area (Å²) < 4.78 is 0. The third-order valence-electron chi connectivity index (χ3n) is 2.70. The molecule has 1 unspecified atom stereocenters. The van der Waals surface area contributed by atoms with Crippen molar-refractivity contribution >= 4 is 5.91 Å². The van der Waals surface area contributed by atoms with Gasteiger partial charge < -0.3 is 10.3 Å². The summed E-state index contributed by atoms with van der Waals surface area (Å²) in [6.07, 6.45) is 2.37. The summed E-state index contributed by atoms with van der Waals surface area (Å²) in [5, 5.41) is 2.88. The second-order valence-electron chi connectivity index (χ2n) is 4.03. The maximum atomic E-state index is 11.7. The molecular formula is C11H14N2O2. The summed E-state index contributed by atoms with van der Waals surface area (Å²) in [6, 6.07) is 4.77. The van der Waals surface area contributed by atoms with E-state index in [0.717, 1.165) is 0 Å². The van der Waals surface area contributed by atoms with Crippen LogP contribution in [0.2, 0.25) is 0 Å². The first kappa shape index (κ1) is 9.96. The number of amides is 1. The maximum absolute atomic E-state index is 11.7. The van der Waals surface area contributed by atoms with Crippen molar-refractivity contribution in [3.8, 4) is 0 Å². The van der Waals surface area contributed by atoms with E-state index in [1.165, 1.54) is 18.9 Å². The van der Waals surface area contributed by atoms with Crippen LogP contribution in [0.3, 0.4) is 0 Å². The Hall–Kier alpha value is -1.58. The van der Waals surface area contributed by atoms with Gasteiger partial charge in [-0.25, -0.2) is 0 Å². The van der Waals surface area contributed by atoms with Gasteiger partial charge >= 0.3 is 0 Å². The van der Waals surface area contributed by atoms with Gasteiger partial charge in [0.2, 0.25) is 5.56 Å². The third kappa shape index (κ3) is 2.46. The van der Waals surface area contributed by atoms with E-state index in [2.05, 4.69) is 10.3 Å². The number of carbonyl (C=O) groups excluding carboxylic acids is 1. The fourth-order valence-electron chi connectivity index (χ4n) is 1.58. The van der Waals surface area contributed by atoms with Crippen molar-refractivity contribution in [1.82, 2.24) is 10.3 Å². The smallest absolute Gasteiger partial charge is 0.268 e. The van der Waals surface area contributed by atoms with E-state index >= 15 is 0 Å². The van der Waals surface area contributed by atoms with Gasteiger partial charge in [0, 0.05) is 12.1 Å². The Morgan fingerprint density at radius 3 is 2.87 bits per heavy atom. The van der Waals surface area contributed by atoms with Crippen molar-refractivity contribution in [2.75, 3.05) is 0 Å². The fourth-order valence-corrected chi connectivity index (χ4v) is 1.58. The van der Waals surface area contributed by atoms with Crippen molar-refractivity contribution < 1.29 is 4.79 Å². The van der Waals surface area contributed by atoms with Crippen LogP contribution in [0.4, 0.5) is 0 Å². The third-order valence-corrected chi connectivity index (χ3v) is 2.70. The van der Waals surface area contributed by atoms with Crippen LogP contribution in [0.5, 0.6) is 0 Å². The topological polar surface area (TPSA) is 62.0 Å². The van der Waals surface area contributed by atoms with E-state index in [4.69, 9.17) is 0 Å². The minimum atomic E-state index is -0.248. The molecule has 2 N–H and O–H groups in total. The van der Waals surface area contributed by atoms with Crippen molar-refractivity contribution in [3.05, 3.63) is 34.2 Å². The van der Waals surface area contributed by atoms with Gasteiger partial charge in [0.1, 0.15) is 5.69 Å². The average molecular weight is 206 g/mol. The van der Waals surface area contributed by atoms with Gasteiger partial charge in [0.25, 0.3) is 5.91 Å². The van der Waals surface area contributed by atoms with Crippen molar-refractivity contribution in [2.24, 2.45) is 5.92 Å². The molecule has 1 fully saturated rings. The molecule has 0 saturated heterocycles. The number of hydrogen-bond acceptors (Lipinski definition) is 2. The quantitative estimate of drug-likeness (QED) is 0.772. The van der Waals surface area contributed by atoms with Gasteiger partial charge in [0.15, 0.2) is 0 Å². The lowest BCUT2D eigenvalue weighted by Gasteiger charge is -2.12. The van der Waals surface area contributed by atoms with Crippen molar-refractivity contribution in [3.63, 3.8) is 0 Å². The van der Waals surface area contributed by atoms with Gasteiger partial charge in [0.05, 0.1) is 0 Å². The van der Waals surface area contributed by atoms with Crippen molar-refractivity contribution in [1.29, 1.82) is 0 Å². The Morgan fingerprint density at radius 1 is 1.53 bits per heavy atom. The molecule has 1 aromatic rings. The molecule has 1 heterocycles. The molecule has 1 saturated carbocycles. The van der Waals surface area contributed by atoms with E-state index in [1.54, 1.807) is 12.1 Å². The molecule has 80 valence electrons. The summed E-state index contributed by atoms with van der Waals surface area (Å²) in [5.41, 5.74) is 0.0803. The normalized spacial score (nSPS) is 17.1. The number of aromatic amines is 1. The molecule has 1 aromatic heterocycles. The lowest BCUT2D eigenvalue weighted by molar-refractivity contribution is 0.0930. The van der Waals surface area contributed by atoms with Gasteiger partial charge in [-0.3, -0.25) is 9.59 Å². The van der Waals surface area contributed by atoms with E-state index < -0.39 is 0 Å². The standard InChI is InChI=1S/C11H14N2O2/c1-7(8-5-6-8)12-11(15)9-3-2-4-10(14)13-9/h2-4,7-8H,5-6H2,1H3,(H,12,15)(H,13,14). The first-order valence-corrected chi connectivity index (χ1v) is 5.17. The summed E-state index contributed by atoms with van der Waals surface area (Å²) in [7, 11) is 0. The Kier molecular flexibility index (Phi) is 2.58. The molecule has 0 radical (unpaired) electrons. The van der Waals surface area contributed by atoms with Gasteiger partial charge in [-0.15, -0.1) is 0 Å². The molecule has 0 spiro atoms. The maximum Gasteiger partial charge on any atom is 0.268 e. The summed E-state index contributed by atoms with van der Waals surface area (Å²) in [6.45, 7) is 2.00. The summed E-state index contributed by atoms with van der Waals surface area (Å²) in [5.74, 6) is 0.413. The molecular weight excluding hydrogens is 192 g/mol. The lowest BCUT2D eigenvalue weighted by atomic mass is 10.2. The largest absolute Gasteiger partial charge is 0.348 e. The number of carbonyl (C=O) groups is 1. The van der Waals surface area contributed by atoms with E-state index in [-0.39, 0.29) is 17.5 Å². The highest BCUT2D eigenvalue weighted by atomic mass is 16.2. The van der Waals surface area contributed by atoms with Crippen LogP contribution in [0, 0.1) is 5.92 Å². The van der Waals surface area contributed by atoms with Gasteiger partial charge in [-0.2, -0.15) is 0 Å². The zero-order valence-corrected chi connectivity index (χ0v) is 8.62.